The van der Waals surface area contributed by atoms with Gasteiger partial charge in [0.05, 0.1) is 6.07 Å². The first-order valence-corrected chi connectivity index (χ1v) is 5.72. The summed E-state index contributed by atoms with van der Waals surface area (Å²) in [5.74, 6) is 0.343. The number of nitrogens with zero attached hydrogens (tertiary/aromatic N) is 1. The monoisotopic (exact) mass is 208 g/mol. The van der Waals surface area contributed by atoms with Crippen LogP contribution in [0.25, 0.3) is 0 Å². The van der Waals surface area contributed by atoms with E-state index in [1.807, 2.05) is 0 Å². The van der Waals surface area contributed by atoms with Crippen LogP contribution in [0, 0.1) is 22.7 Å². The quantitative estimate of drug-likeness (QED) is 0.720. The zero-order chi connectivity index (χ0) is 11.3. The summed E-state index contributed by atoms with van der Waals surface area (Å²) in [7, 11) is 0. The van der Waals surface area contributed by atoms with E-state index >= 15 is 0 Å². The number of rotatable bonds is 4. The highest BCUT2D eigenvalue weighted by Gasteiger charge is 2.38. The maximum absolute atomic E-state index is 11.8. The molecule has 3 heteroatoms. The van der Waals surface area contributed by atoms with Gasteiger partial charge in [0.2, 0.25) is 5.91 Å². The maximum Gasteiger partial charge on any atom is 0.223 e. The van der Waals surface area contributed by atoms with E-state index in [0.29, 0.717) is 13.0 Å². The van der Waals surface area contributed by atoms with Gasteiger partial charge in [-0.3, -0.25) is 4.79 Å². The lowest BCUT2D eigenvalue weighted by molar-refractivity contribution is -0.127. The zero-order valence-electron chi connectivity index (χ0n) is 9.68. The molecule has 0 aliphatic heterocycles. The van der Waals surface area contributed by atoms with Crippen molar-refractivity contribution in [1.29, 1.82) is 5.26 Å². The Balaban J connectivity index is 2.31. The summed E-state index contributed by atoms with van der Waals surface area (Å²) in [6, 6.07) is 2.08. The van der Waals surface area contributed by atoms with Gasteiger partial charge in [-0.2, -0.15) is 5.26 Å². The lowest BCUT2D eigenvalue weighted by Gasteiger charge is -2.25. The van der Waals surface area contributed by atoms with Crippen LogP contribution >= 0.6 is 0 Å². The topological polar surface area (TPSA) is 52.9 Å². The molecule has 0 aromatic rings. The Morgan fingerprint density at radius 2 is 2.33 bits per heavy atom. The van der Waals surface area contributed by atoms with Crippen LogP contribution in [0.1, 0.15) is 46.0 Å². The van der Waals surface area contributed by atoms with E-state index in [1.165, 1.54) is 0 Å². The fourth-order valence-electron chi connectivity index (χ4n) is 2.31. The Bertz CT molecular complexity index is 265. The molecule has 0 aromatic heterocycles. The summed E-state index contributed by atoms with van der Waals surface area (Å²) in [4.78, 5) is 11.8. The minimum absolute atomic E-state index is 0.152. The molecule has 0 bridgehead atoms. The number of hydrogen-bond donors (Lipinski definition) is 1. The van der Waals surface area contributed by atoms with Crippen LogP contribution in [0.5, 0.6) is 0 Å². The van der Waals surface area contributed by atoms with E-state index in [-0.39, 0.29) is 17.2 Å². The van der Waals surface area contributed by atoms with E-state index in [4.69, 9.17) is 5.26 Å². The standard InChI is InChI=1S/C12H20N2O/c1-12(2)7-5-6-10(12)11(15)14-9-4-3-8-13/h10H,3-7,9H2,1-2H3,(H,14,15). The van der Waals surface area contributed by atoms with Gasteiger partial charge >= 0.3 is 0 Å². The Hall–Kier alpha value is -1.04. The maximum atomic E-state index is 11.8. The molecule has 1 atom stereocenters. The molecule has 1 aliphatic rings. The van der Waals surface area contributed by atoms with Crippen LogP contribution in [0.15, 0.2) is 0 Å². The summed E-state index contributed by atoms with van der Waals surface area (Å²) in [6.45, 7) is 4.97. The molecule has 0 radical (unpaired) electrons. The highest BCUT2D eigenvalue weighted by molar-refractivity contribution is 5.79. The first-order chi connectivity index (χ1) is 7.08. The SMILES string of the molecule is CC1(C)CCCC1C(=O)NCCCC#N. The lowest BCUT2D eigenvalue weighted by Crippen LogP contribution is -2.36. The molecule has 0 saturated heterocycles. The Morgan fingerprint density at radius 1 is 1.60 bits per heavy atom. The third-order valence-electron chi connectivity index (χ3n) is 3.34. The molecule has 1 amide bonds. The van der Waals surface area contributed by atoms with Gasteiger partial charge in [-0.15, -0.1) is 0 Å². The molecule has 1 saturated carbocycles. The van der Waals surface area contributed by atoms with Crippen LogP contribution in [0.4, 0.5) is 0 Å². The van der Waals surface area contributed by atoms with Crippen molar-refractivity contribution in [3.05, 3.63) is 0 Å². The molecule has 0 aromatic carbocycles. The normalized spacial score (nSPS) is 23.4. The third kappa shape index (κ3) is 3.23. The van der Waals surface area contributed by atoms with Crippen LogP contribution < -0.4 is 5.32 Å². The molecule has 1 rings (SSSR count). The van der Waals surface area contributed by atoms with Crippen LogP contribution in [-0.2, 0) is 4.79 Å². The highest BCUT2D eigenvalue weighted by atomic mass is 16.1. The van der Waals surface area contributed by atoms with Gasteiger partial charge in [0.15, 0.2) is 0 Å². The van der Waals surface area contributed by atoms with Gasteiger partial charge in [-0.25, -0.2) is 0 Å². The number of carbonyl (C=O) groups is 1. The molecular formula is C12H20N2O. The second kappa shape index (κ2) is 5.16. The average molecular weight is 208 g/mol. The summed E-state index contributed by atoms with van der Waals surface area (Å²) < 4.78 is 0. The summed E-state index contributed by atoms with van der Waals surface area (Å²) >= 11 is 0. The highest BCUT2D eigenvalue weighted by Crippen LogP contribution is 2.42. The predicted molar refractivity (Wildman–Crippen MR) is 59.0 cm³/mol. The molecule has 84 valence electrons. The van der Waals surface area contributed by atoms with Crippen molar-refractivity contribution in [2.45, 2.75) is 46.0 Å². The molecule has 15 heavy (non-hydrogen) atoms. The van der Waals surface area contributed by atoms with E-state index in [9.17, 15) is 4.79 Å². The summed E-state index contributed by atoms with van der Waals surface area (Å²) in [6.07, 6.45) is 4.59. The van der Waals surface area contributed by atoms with Gasteiger partial charge < -0.3 is 5.32 Å². The van der Waals surface area contributed by atoms with Crippen molar-refractivity contribution in [3.8, 4) is 6.07 Å². The fraction of sp³-hybridized carbons (Fsp3) is 0.833. The van der Waals surface area contributed by atoms with Crippen LogP contribution in [-0.4, -0.2) is 12.5 Å². The second-order valence-electron chi connectivity index (χ2n) is 4.99. The van der Waals surface area contributed by atoms with Crippen molar-refractivity contribution >= 4 is 5.91 Å². The number of nitriles is 1. The van der Waals surface area contributed by atoms with Crippen molar-refractivity contribution in [2.75, 3.05) is 6.54 Å². The number of carbonyl (C=O) groups excluding carboxylic acids is 1. The first kappa shape index (κ1) is 12.0. The van der Waals surface area contributed by atoms with Gasteiger partial charge in [0.25, 0.3) is 0 Å². The molecule has 1 aliphatic carbocycles. The molecule has 3 nitrogen and oxygen atoms in total. The smallest absolute Gasteiger partial charge is 0.223 e. The summed E-state index contributed by atoms with van der Waals surface area (Å²) in [5.41, 5.74) is 0.152. The molecule has 1 N–H and O–H groups in total. The number of amides is 1. The number of hydrogen-bond acceptors (Lipinski definition) is 2. The molecule has 1 unspecified atom stereocenters. The van der Waals surface area contributed by atoms with Crippen molar-refractivity contribution in [2.24, 2.45) is 11.3 Å². The molecule has 0 heterocycles. The number of unbranched alkanes of at least 4 members (excludes halogenated alkanes) is 1. The third-order valence-corrected chi connectivity index (χ3v) is 3.34. The largest absolute Gasteiger partial charge is 0.356 e. The van der Waals surface area contributed by atoms with E-state index in [0.717, 1.165) is 25.7 Å². The van der Waals surface area contributed by atoms with Gasteiger partial charge in [-0.05, 0) is 24.7 Å². The minimum Gasteiger partial charge on any atom is -0.356 e. The van der Waals surface area contributed by atoms with Crippen molar-refractivity contribution in [1.82, 2.24) is 5.32 Å². The molecule has 1 fully saturated rings. The zero-order valence-corrected chi connectivity index (χ0v) is 9.68. The van der Waals surface area contributed by atoms with Crippen LogP contribution in [0.2, 0.25) is 0 Å². The average Bonchev–Trinajstić information content (AvgIpc) is 2.52. The second-order valence-corrected chi connectivity index (χ2v) is 4.99. The Kier molecular flexibility index (Phi) is 4.14. The van der Waals surface area contributed by atoms with Crippen LogP contribution in [0.3, 0.4) is 0 Å². The first-order valence-electron chi connectivity index (χ1n) is 5.72. The predicted octanol–water partition coefficient (Wildman–Crippen LogP) is 2.23. The number of nitrogens with one attached hydrogen (secondary N) is 1. The summed E-state index contributed by atoms with van der Waals surface area (Å²) in [5, 5.41) is 11.3. The van der Waals surface area contributed by atoms with E-state index in [1.54, 1.807) is 0 Å². The van der Waals surface area contributed by atoms with Gasteiger partial charge in [-0.1, -0.05) is 20.3 Å². The Labute approximate surface area is 91.9 Å². The lowest BCUT2D eigenvalue weighted by atomic mass is 9.81. The minimum atomic E-state index is 0.152. The van der Waals surface area contributed by atoms with Crippen molar-refractivity contribution < 1.29 is 4.79 Å². The molecular weight excluding hydrogens is 188 g/mol. The molecule has 0 spiro atoms. The fourth-order valence-corrected chi connectivity index (χ4v) is 2.31. The van der Waals surface area contributed by atoms with E-state index < -0.39 is 0 Å². The van der Waals surface area contributed by atoms with Gasteiger partial charge in [0.1, 0.15) is 0 Å². The van der Waals surface area contributed by atoms with Gasteiger partial charge in [0, 0.05) is 18.9 Å². The van der Waals surface area contributed by atoms with E-state index in [2.05, 4.69) is 25.2 Å². The van der Waals surface area contributed by atoms with Crippen molar-refractivity contribution in [3.63, 3.8) is 0 Å². The Morgan fingerprint density at radius 3 is 2.87 bits per heavy atom.